The molecule has 5 heteroatoms. The Morgan fingerprint density at radius 2 is 2.09 bits per heavy atom. The van der Waals surface area contributed by atoms with Crippen molar-refractivity contribution >= 4 is 17.6 Å². The Labute approximate surface area is 132 Å². The third kappa shape index (κ3) is 4.00. The second-order valence-electron chi connectivity index (χ2n) is 5.98. The zero-order valence-electron chi connectivity index (χ0n) is 13.6. The molecule has 0 saturated heterocycles. The minimum Gasteiger partial charge on any atom is -0.359 e. The van der Waals surface area contributed by atoms with Crippen LogP contribution in [-0.2, 0) is 11.2 Å². The number of hydrogen-bond acceptors (Lipinski definition) is 3. The monoisotopic (exact) mass is 303 g/mol. The topological polar surface area (TPSA) is 61.4 Å². The van der Waals surface area contributed by atoms with Crippen molar-refractivity contribution in [3.05, 3.63) is 29.8 Å². The maximum absolute atomic E-state index is 12.1. The molecule has 2 N–H and O–H groups in total. The second-order valence-corrected chi connectivity index (χ2v) is 5.98. The molecule has 0 saturated carbocycles. The van der Waals surface area contributed by atoms with E-state index in [-0.39, 0.29) is 18.5 Å². The first kappa shape index (κ1) is 16.3. The Balaban J connectivity index is 1.98. The molecule has 0 fully saturated rings. The molecule has 0 spiro atoms. The minimum atomic E-state index is -0.419. The molecule has 0 bridgehead atoms. The van der Waals surface area contributed by atoms with E-state index in [1.807, 2.05) is 32.0 Å². The lowest BCUT2D eigenvalue weighted by Gasteiger charge is -2.36. The van der Waals surface area contributed by atoms with Crippen molar-refractivity contribution < 1.29 is 9.59 Å². The summed E-state index contributed by atoms with van der Waals surface area (Å²) in [5, 5.41) is 5.15. The standard InChI is InChI=1S/C17H25N3O2/c1-4-12(2)18-17(22)19-16(21)11-20-13(3)9-10-14-7-5-6-8-15(14)20/h5-8,12-13H,4,9-11H2,1-3H3,(H2,18,19,21,22)/t12-,13+/m1/s1. The number of carbonyl (C=O) groups is 2. The van der Waals surface area contributed by atoms with Crippen LogP contribution in [0.2, 0.25) is 0 Å². The summed E-state index contributed by atoms with van der Waals surface area (Å²) in [4.78, 5) is 25.9. The summed E-state index contributed by atoms with van der Waals surface area (Å²) in [5.41, 5.74) is 2.36. The van der Waals surface area contributed by atoms with E-state index in [9.17, 15) is 9.59 Å². The normalized spacial score (nSPS) is 18.3. The predicted octanol–water partition coefficient (Wildman–Crippen LogP) is 2.45. The molecule has 0 unspecified atom stereocenters. The molecule has 1 aromatic carbocycles. The number of rotatable bonds is 4. The first-order valence-corrected chi connectivity index (χ1v) is 7.96. The lowest BCUT2D eigenvalue weighted by molar-refractivity contribution is -0.118. The van der Waals surface area contributed by atoms with Crippen molar-refractivity contribution in [1.82, 2.24) is 10.6 Å². The van der Waals surface area contributed by atoms with Crippen LogP contribution in [-0.4, -0.2) is 30.6 Å². The molecule has 2 rings (SSSR count). The zero-order chi connectivity index (χ0) is 16.1. The van der Waals surface area contributed by atoms with Gasteiger partial charge in [0.25, 0.3) is 0 Å². The molecule has 5 nitrogen and oxygen atoms in total. The van der Waals surface area contributed by atoms with Gasteiger partial charge in [-0.2, -0.15) is 0 Å². The van der Waals surface area contributed by atoms with Crippen LogP contribution < -0.4 is 15.5 Å². The summed E-state index contributed by atoms with van der Waals surface area (Å²) in [6.45, 7) is 6.21. The first-order valence-electron chi connectivity index (χ1n) is 7.96. The SMILES string of the molecule is CC[C@@H](C)NC(=O)NC(=O)CN1c2ccccc2CC[C@@H]1C. The van der Waals surface area contributed by atoms with E-state index in [0.717, 1.165) is 24.9 Å². The van der Waals surface area contributed by atoms with E-state index in [1.54, 1.807) is 0 Å². The van der Waals surface area contributed by atoms with Crippen molar-refractivity contribution in [1.29, 1.82) is 0 Å². The first-order chi connectivity index (χ1) is 10.5. The fourth-order valence-electron chi connectivity index (χ4n) is 2.68. The Hall–Kier alpha value is -2.04. The quantitative estimate of drug-likeness (QED) is 0.898. The summed E-state index contributed by atoms with van der Waals surface area (Å²) in [6, 6.07) is 8.07. The van der Waals surface area contributed by atoms with Gasteiger partial charge in [0.05, 0.1) is 6.54 Å². The summed E-state index contributed by atoms with van der Waals surface area (Å²) in [5.74, 6) is -0.274. The number of para-hydroxylation sites is 1. The van der Waals surface area contributed by atoms with Crippen molar-refractivity contribution in [3.63, 3.8) is 0 Å². The minimum absolute atomic E-state index is 0.0578. The third-order valence-corrected chi connectivity index (χ3v) is 4.22. The molecule has 0 radical (unpaired) electrons. The van der Waals surface area contributed by atoms with E-state index in [0.29, 0.717) is 6.04 Å². The van der Waals surface area contributed by atoms with Crippen molar-refractivity contribution in [3.8, 4) is 0 Å². The molecular weight excluding hydrogens is 278 g/mol. The summed E-state index contributed by atoms with van der Waals surface area (Å²) >= 11 is 0. The Kier molecular flexibility index (Phi) is 5.41. The number of nitrogens with one attached hydrogen (secondary N) is 2. The van der Waals surface area contributed by atoms with Crippen LogP contribution in [0.4, 0.5) is 10.5 Å². The Morgan fingerprint density at radius 1 is 1.36 bits per heavy atom. The number of amides is 3. The molecule has 0 aromatic heterocycles. The highest BCUT2D eigenvalue weighted by Gasteiger charge is 2.25. The number of imide groups is 1. The van der Waals surface area contributed by atoms with Gasteiger partial charge in [-0.3, -0.25) is 10.1 Å². The largest absolute Gasteiger partial charge is 0.359 e. The number of nitrogens with zero attached hydrogens (tertiary/aromatic N) is 1. The number of carbonyl (C=O) groups excluding carboxylic acids is 2. The van der Waals surface area contributed by atoms with Crippen molar-refractivity contribution in [2.45, 2.75) is 52.1 Å². The molecule has 22 heavy (non-hydrogen) atoms. The highest BCUT2D eigenvalue weighted by atomic mass is 16.2. The van der Waals surface area contributed by atoms with E-state index in [4.69, 9.17) is 0 Å². The van der Waals surface area contributed by atoms with Crippen molar-refractivity contribution in [2.24, 2.45) is 0 Å². The molecule has 1 heterocycles. The Morgan fingerprint density at radius 3 is 2.82 bits per heavy atom. The van der Waals surface area contributed by atoms with Crippen LogP contribution in [0.5, 0.6) is 0 Å². The highest BCUT2D eigenvalue weighted by Crippen LogP contribution is 2.29. The molecule has 1 aliphatic heterocycles. The molecule has 120 valence electrons. The average molecular weight is 303 g/mol. The number of benzene rings is 1. The number of urea groups is 1. The maximum atomic E-state index is 12.1. The number of anilines is 1. The molecular formula is C17H25N3O2. The van der Waals surface area contributed by atoms with Crippen LogP contribution in [0.1, 0.15) is 39.2 Å². The fraction of sp³-hybridized carbons (Fsp3) is 0.529. The number of fused-ring (bicyclic) bond motifs is 1. The van der Waals surface area contributed by atoms with Crippen LogP contribution in [0, 0.1) is 0 Å². The zero-order valence-corrected chi connectivity index (χ0v) is 13.6. The maximum Gasteiger partial charge on any atom is 0.321 e. The predicted molar refractivity (Wildman–Crippen MR) is 88.0 cm³/mol. The lowest BCUT2D eigenvalue weighted by Crippen LogP contribution is -2.49. The molecule has 3 amide bonds. The van der Waals surface area contributed by atoms with Gasteiger partial charge < -0.3 is 10.2 Å². The van der Waals surface area contributed by atoms with Gasteiger partial charge in [0.1, 0.15) is 0 Å². The highest BCUT2D eigenvalue weighted by molar-refractivity contribution is 5.96. The van der Waals surface area contributed by atoms with Gasteiger partial charge in [0.15, 0.2) is 0 Å². The van der Waals surface area contributed by atoms with Gasteiger partial charge in [-0.05, 0) is 44.7 Å². The Bertz CT molecular complexity index is 544. The third-order valence-electron chi connectivity index (χ3n) is 4.22. The van der Waals surface area contributed by atoms with Crippen LogP contribution in [0.15, 0.2) is 24.3 Å². The van der Waals surface area contributed by atoms with Crippen LogP contribution >= 0.6 is 0 Å². The van der Waals surface area contributed by atoms with Crippen LogP contribution in [0.25, 0.3) is 0 Å². The van der Waals surface area contributed by atoms with Crippen molar-refractivity contribution in [2.75, 3.05) is 11.4 Å². The summed E-state index contributed by atoms with van der Waals surface area (Å²) < 4.78 is 0. The molecule has 1 aliphatic rings. The average Bonchev–Trinajstić information content (AvgIpc) is 2.49. The smallest absolute Gasteiger partial charge is 0.321 e. The van der Waals surface area contributed by atoms with Gasteiger partial charge in [0.2, 0.25) is 5.91 Å². The van der Waals surface area contributed by atoms with Gasteiger partial charge in [-0.1, -0.05) is 25.1 Å². The number of aryl methyl sites for hydroxylation is 1. The van der Waals surface area contributed by atoms with Gasteiger partial charge >= 0.3 is 6.03 Å². The fourth-order valence-corrected chi connectivity index (χ4v) is 2.68. The molecule has 2 atom stereocenters. The second kappa shape index (κ2) is 7.29. The van der Waals surface area contributed by atoms with Gasteiger partial charge in [0, 0.05) is 17.8 Å². The van der Waals surface area contributed by atoms with E-state index < -0.39 is 6.03 Å². The van der Waals surface area contributed by atoms with Gasteiger partial charge in [-0.15, -0.1) is 0 Å². The van der Waals surface area contributed by atoms with E-state index in [2.05, 4.69) is 28.5 Å². The lowest BCUT2D eigenvalue weighted by atomic mass is 9.97. The molecule has 1 aromatic rings. The summed E-state index contributed by atoms with van der Waals surface area (Å²) in [6.07, 6.45) is 2.88. The van der Waals surface area contributed by atoms with Crippen LogP contribution in [0.3, 0.4) is 0 Å². The summed E-state index contributed by atoms with van der Waals surface area (Å²) in [7, 11) is 0. The van der Waals surface area contributed by atoms with E-state index >= 15 is 0 Å². The number of hydrogen-bond donors (Lipinski definition) is 2. The molecule has 0 aliphatic carbocycles. The van der Waals surface area contributed by atoms with E-state index in [1.165, 1.54) is 5.56 Å². The van der Waals surface area contributed by atoms with Gasteiger partial charge in [-0.25, -0.2) is 4.79 Å².